The molecule has 0 fully saturated rings. The van der Waals surface area contributed by atoms with Crippen LogP contribution in [0, 0.1) is 20.2 Å². The lowest BCUT2D eigenvalue weighted by atomic mass is 10.1. The Morgan fingerprint density at radius 1 is 1.00 bits per heavy atom. The Morgan fingerprint density at radius 3 is 2.39 bits per heavy atom. The number of hydrazone groups is 1. The maximum Gasteiger partial charge on any atom is 0.279 e. The van der Waals surface area contributed by atoms with Crippen LogP contribution in [-0.2, 0) is 17.8 Å². The van der Waals surface area contributed by atoms with E-state index in [1.165, 1.54) is 12.3 Å². The summed E-state index contributed by atoms with van der Waals surface area (Å²) in [6.45, 7) is 0.317. The van der Waals surface area contributed by atoms with Crippen LogP contribution < -0.4 is 10.2 Å². The van der Waals surface area contributed by atoms with Gasteiger partial charge in [-0.15, -0.1) is 0 Å². The molecule has 0 aliphatic rings. The minimum absolute atomic E-state index is 0.0401. The molecule has 0 saturated heterocycles. The maximum absolute atomic E-state index is 12.1. The van der Waals surface area contributed by atoms with Crippen LogP contribution in [0.5, 0.6) is 5.75 Å². The van der Waals surface area contributed by atoms with Crippen LogP contribution in [0.1, 0.15) is 16.7 Å². The Morgan fingerprint density at radius 2 is 1.73 bits per heavy atom. The molecule has 1 amide bonds. The third-order valence-corrected chi connectivity index (χ3v) is 4.83. The van der Waals surface area contributed by atoms with Crippen molar-refractivity contribution < 1.29 is 19.4 Å². The monoisotopic (exact) mass is 468 g/mol. The minimum Gasteiger partial charge on any atom is -0.489 e. The average Bonchev–Trinajstić information content (AvgIpc) is 2.79. The summed E-state index contributed by atoms with van der Waals surface area (Å²) in [5.74, 6) is 0.0180. The Hall–Kier alpha value is -4.31. The van der Waals surface area contributed by atoms with Crippen molar-refractivity contribution in [2.75, 3.05) is 0 Å². The number of non-ortho nitro benzene ring substituents is 1. The Bertz CT molecular complexity index is 1210. The second kappa shape index (κ2) is 10.8. The molecule has 11 heteroatoms. The molecule has 3 aromatic rings. The fourth-order valence-corrected chi connectivity index (χ4v) is 2.99. The highest BCUT2D eigenvalue weighted by Crippen LogP contribution is 2.25. The van der Waals surface area contributed by atoms with E-state index in [0.29, 0.717) is 22.9 Å². The van der Waals surface area contributed by atoms with Gasteiger partial charge in [0.2, 0.25) is 5.91 Å². The zero-order valence-electron chi connectivity index (χ0n) is 17.0. The number of hydrogen-bond acceptors (Lipinski definition) is 7. The number of rotatable bonds is 9. The molecule has 0 aliphatic carbocycles. The zero-order valence-corrected chi connectivity index (χ0v) is 17.8. The molecule has 3 rings (SSSR count). The second-order valence-electron chi connectivity index (χ2n) is 6.75. The molecule has 0 aromatic heterocycles. The second-order valence-corrected chi connectivity index (χ2v) is 7.15. The lowest BCUT2D eigenvalue weighted by Crippen LogP contribution is -2.20. The van der Waals surface area contributed by atoms with Gasteiger partial charge in [0, 0.05) is 22.2 Å². The molecular weight excluding hydrogens is 452 g/mol. The maximum atomic E-state index is 12.1. The number of benzene rings is 3. The quantitative estimate of drug-likeness (QED) is 0.280. The first-order valence-corrected chi connectivity index (χ1v) is 9.91. The van der Waals surface area contributed by atoms with E-state index in [4.69, 9.17) is 16.3 Å². The Balaban J connectivity index is 1.54. The highest BCUT2D eigenvalue weighted by Gasteiger charge is 2.20. The molecular formula is C22H17ClN4O6. The van der Waals surface area contributed by atoms with E-state index >= 15 is 0 Å². The number of halogens is 1. The van der Waals surface area contributed by atoms with Crippen LogP contribution in [-0.4, -0.2) is 22.0 Å². The number of carbonyl (C=O) groups excluding carboxylic acids is 1. The lowest BCUT2D eigenvalue weighted by molar-refractivity contribution is -0.394. The van der Waals surface area contributed by atoms with E-state index in [1.807, 2.05) is 18.2 Å². The zero-order chi connectivity index (χ0) is 23.8. The molecule has 0 aliphatic heterocycles. The van der Waals surface area contributed by atoms with Crippen LogP contribution in [0.2, 0.25) is 5.02 Å². The van der Waals surface area contributed by atoms with Crippen molar-refractivity contribution in [2.45, 2.75) is 13.0 Å². The Labute approximate surface area is 192 Å². The van der Waals surface area contributed by atoms with Gasteiger partial charge in [-0.3, -0.25) is 25.0 Å². The van der Waals surface area contributed by atoms with Crippen molar-refractivity contribution in [2.24, 2.45) is 5.10 Å². The van der Waals surface area contributed by atoms with Crippen molar-refractivity contribution in [3.05, 3.63) is 109 Å². The molecule has 0 atom stereocenters. The molecule has 10 nitrogen and oxygen atoms in total. The molecule has 1 N–H and O–H groups in total. The Kier molecular flexibility index (Phi) is 7.66. The normalized spacial score (nSPS) is 10.7. The van der Waals surface area contributed by atoms with Crippen LogP contribution in [0.25, 0.3) is 0 Å². The van der Waals surface area contributed by atoms with Crippen molar-refractivity contribution in [1.82, 2.24) is 5.43 Å². The number of nitrogens with zero attached hydrogens (tertiary/aromatic N) is 3. The van der Waals surface area contributed by atoms with Gasteiger partial charge in [0.15, 0.2) is 0 Å². The SMILES string of the molecule is O=C(Cc1ccc([N+](=O)[O-])cc1[N+](=O)[O-])N/N=C/c1ccc(OCc2ccccc2Cl)cc1. The average molecular weight is 469 g/mol. The lowest BCUT2D eigenvalue weighted by Gasteiger charge is -2.07. The summed E-state index contributed by atoms with van der Waals surface area (Å²) in [5.41, 5.74) is 2.93. The van der Waals surface area contributed by atoms with Gasteiger partial charge in [-0.2, -0.15) is 5.10 Å². The third-order valence-electron chi connectivity index (χ3n) is 4.46. The fourth-order valence-electron chi connectivity index (χ4n) is 2.80. The first-order valence-electron chi connectivity index (χ1n) is 9.53. The molecule has 0 bridgehead atoms. The van der Waals surface area contributed by atoms with E-state index in [1.54, 1.807) is 30.3 Å². The van der Waals surface area contributed by atoms with Crippen LogP contribution >= 0.6 is 11.6 Å². The molecule has 168 valence electrons. The van der Waals surface area contributed by atoms with E-state index in [0.717, 1.165) is 17.7 Å². The largest absolute Gasteiger partial charge is 0.489 e. The highest BCUT2D eigenvalue weighted by atomic mass is 35.5. The number of nitro groups is 2. The van der Waals surface area contributed by atoms with E-state index in [2.05, 4.69) is 10.5 Å². The van der Waals surface area contributed by atoms with Gasteiger partial charge >= 0.3 is 0 Å². The van der Waals surface area contributed by atoms with E-state index < -0.39 is 27.1 Å². The summed E-state index contributed by atoms with van der Waals surface area (Å²) >= 11 is 6.10. The highest BCUT2D eigenvalue weighted by molar-refractivity contribution is 6.31. The number of nitro benzene ring substituents is 2. The van der Waals surface area contributed by atoms with Gasteiger partial charge < -0.3 is 4.74 Å². The molecule has 3 aromatic carbocycles. The fraction of sp³-hybridized carbons (Fsp3) is 0.0909. The predicted molar refractivity (Wildman–Crippen MR) is 121 cm³/mol. The van der Waals surface area contributed by atoms with Crippen molar-refractivity contribution in [3.8, 4) is 5.75 Å². The number of amides is 1. The molecule has 0 heterocycles. The van der Waals surface area contributed by atoms with Gasteiger partial charge in [0.1, 0.15) is 12.4 Å². The topological polar surface area (TPSA) is 137 Å². The van der Waals surface area contributed by atoms with E-state index in [-0.39, 0.29) is 12.0 Å². The molecule has 33 heavy (non-hydrogen) atoms. The van der Waals surface area contributed by atoms with Gasteiger partial charge in [0.05, 0.1) is 28.5 Å². The summed E-state index contributed by atoms with van der Waals surface area (Å²) in [6.07, 6.45) is 1.04. The summed E-state index contributed by atoms with van der Waals surface area (Å²) in [5, 5.41) is 26.4. The summed E-state index contributed by atoms with van der Waals surface area (Å²) in [7, 11) is 0. The van der Waals surface area contributed by atoms with Crippen molar-refractivity contribution >= 4 is 35.1 Å². The van der Waals surface area contributed by atoms with Gasteiger partial charge in [-0.05, 0) is 42.0 Å². The molecule has 0 radical (unpaired) electrons. The summed E-state index contributed by atoms with van der Waals surface area (Å²) < 4.78 is 5.69. The van der Waals surface area contributed by atoms with Crippen molar-refractivity contribution in [3.63, 3.8) is 0 Å². The molecule has 0 saturated carbocycles. The van der Waals surface area contributed by atoms with Crippen LogP contribution in [0.3, 0.4) is 0 Å². The summed E-state index contributed by atoms with van der Waals surface area (Å²) in [6, 6.07) is 17.4. The third kappa shape index (κ3) is 6.58. The first-order chi connectivity index (χ1) is 15.8. The predicted octanol–water partition coefficient (Wildman–Crippen LogP) is 4.43. The minimum atomic E-state index is -0.770. The standard InChI is InChI=1S/C22H17ClN4O6/c23-20-4-2-1-3-17(20)14-33-19-9-5-15(6-10-19)13-24-25-22(28)11-16-7-8-18(26(29)30)12-21(16)27(31)32/h1-10,12-13H,11,14H2,(H,25,28)/b24-13+. The number of ether oxygens (including phenoxy) is 1. The summed E-state index contributed by atoms with van der Waals surface area (Å²) in [4.78, 5) is 32.5. The number of carbonyl (C=O) groups is 1. The van der Waals surface area contributed by atoms with Gasteiger partial charge in [-0.1, -0.05) is 29.8 Å². The van der Waals surface area contributed by atoms with Crippen LogP contribution in [0.4, 0.5) is 11.4 Å². The smallest absolute Gasteiger partial charge is 0.279 e. The number of hydrogen-bond donors (Lipinski definition) is 1. The van der Waals surface area contributed by atoms with Gasteiger partial charge in [0.25, 0.3) is 11.4 Å². The molecule has 0 spiro atoms. The van der Waals surface area contributed by atoms with E-state index in [9.17, 15) is 25.0 Å². The number of nitrogens with one attached hydrogen (secondary N) is 1. The van der Waals surface area contributed by atoms with Gasteiger partial charge in [-0.25, -0.2) is 5.43 Å². The van der Waals surface area contributed by atoms with Crippen molar-refractivity contribution in [1.29, 1.82) is 0 Å². The first kappa shape index (κ1) is 23.4. The van der Waals surface area contributed by atoms with Crippen LogP contribution in [0.15, 0.2) is 71.8 Å². The molecule has 0 unspecified atom stereocenters.